The van der Waals surface area contributed by atoms with Gasteiger partial charge in [0.15, 0.2) is 5.69 Å². The molecule has 104 valence electrons. The molecule has 1 heterocycles. The Morgan fingerprint density at radius 1 is 1.00 bits per heavy atom. The molecule has 0 spiro atoms. The van der Waals surface area contributed by atoms with Gasteiger partial charge in [-0.3, -0.25) is 4.99 Å². The van der Waals surface area contributed by atoms with E-state index in [2.05, 4.69) is 9.98 Å². The summed E-state index contributed by atoms with van der Waals surface area (Å²) in [6.07, 6.45) is 0. The van der Waals surface area contributed by atoms with E-state index in [9.17, 15) is 5.11 Å². The summed E-state index contributed by atoms with van der Waals surface area (Å²) in [5.41, 5.74) is 2.58. The molecule has 0 aliphatic carbocycles. The highest BCUT2D eigenvalue weighted by Crippen LogP contribution is 2.27. The van der Waals surface area contributed by atoms with Crippen LogP contribution in [0.3, 0.4) is 0 Å². The Kier molecular flexibility index (Phi) is 3.51. The third-order valence-electron chi connectivity index (χ3n) is 3.03. The predicted molar refractivity (Wildman–Crippen MR) is 81.9 cm³/mol. The summed E-state index contributed by atoms with van der Waals surface area (Å²) in [7, 11) is 0. The first-order valence-corrected chi connectivity index (χ1v) is 6.60. The van der Waals surface area contributed by atoms with Gasteiger partial charge in [-0.15, -0.1) is 0 Å². The van der Waals surface area contributed by atoms with Gasteiger partial charge in [0.25, 0.3) is 0 Å². The number of nitrogens with zero attached hydrogens (tertiary/aromatic N) is 2. The van der Waals surface area contributed by atoms with Crippen LogP contribution >= 0.6 is 0 Å². The highest BCUT2D eigenvalue weighted by Gasteiger charge is 2.16. The molecule has 0 bridgehead atoms. The average molecular weight is 278 g/mol. The molecule has 1 aromatic heterocycles. The Labute approximate surface area is 122 Å². The van der Waals surface area contributed by atoms with Gasteiger partial charge in [0.2, 0.25) is 5.89 Å². The van der Waals surface area contributed by atoms with Crippen LogP contribution in [0.5, 0.6) is 5.95 Å². The highest BCUT2D eigenvalue weighted by atomic mass is 16.5. The third kappa shape index (κ3) is 2.84. The molecule has 4 nitrogen and oxygen atoms in total. The van der Waals surface area contributed by atoms with Gasteiger partial charge in [0.1, 0.15) is 0 Å². The van der Waals surface area contributed by atoms with Crippen LogP contribution in [0, 0.1) is 0 Å². The van der Waals surface area contributed by atoms with Gasteiger partial charge in [0.05, 0.1) is 11.4 Å². The van der Waals surface area contributed by atoms with Gasteiger partial charge in [-0.2, -0.15) is 0 Å². The van der Waals surface area contributed by atoms with Gasteiger partial charge in [-0.1, -0.05) is 36.4 Å². The van der Waals surface area contributed by atoms with Crippen LogP contribution in [0.15, 0.2) is 70.1 Å². The molecule has 0 radical (unpaired) electrons. The number of rotatable bonds is 3. The van der Waals surface area contributed by atoms with Crippen molar-refractivity contribution in [2.24, 2.45) is 4.99 Å². The molecule has 0 aliphatic heterocycles. The standard InChI is InChI=1S/C17H14N2O2/c1-12(18-14-10-6-3-7-11-14)15-17(20)21-16(19-15)13-8-4-2-5-9-13/h2-11,20H,1H3. The first-order chi connectivity index (χ1) is 10.2. The van der Waals surface area contributed by atoms with E-state index in [1.165, 1.54) is 0 Å². The number of para-hydroxylation sites is 1. The lowest BCUT2D eigenvalue weighted by atomic mass is 10.2. The Morgan fingerprint density at radius 2 is 1.62 bits per heavy atom. The van der Waals surface area contributed by atoms with Crippen LogP contribution in [0.2, 0.25) is 0 Å². The van der Waals surface area contributed by atoms with Crippen molar-refractivity contribution in [3.63, 3.8) is 0 Å². The highest BCUT2D eigenvalue weighted by molar-refractivity contribution is 6.00. The van der Waals surface area contributed by atoms with Crippen LogP contribution in [-0.2, 0) is 0 Å². The minimum atomic E-state index is -0.217. The molecule has 2 aromatic carbocycles. The lowest BCUT2D eigenvalue weighted by Gasteiger charge is -1.96. The van der Waals surface area contributed by atoms with Crippen LogP contribution in [0.4, 0.5) is 5.69 Å². The summed E-state index contributed by atoms with van der Waals surface area (Å²) < 4.78 is 5.32. The molecule has 1 N–H and O–H groups in total. The van der Waals surface area contributed by atoms with Gasteiger partial charge < -0.3 is 9.52 Å². The number of benzene rings is 2. The molecule has 21 heavy (non-hydrogen) atoms. The molecule has 0 fully saturated rings. The molecule has 0 atom stereocenters. The second kappa shape index (κ2) is 5.63. The van der Waals surface area contributed by atoms with E-state index < -0.39 is 0 Å². The zero-order valence-corrected chi connectivity index (χ0v) is 11.5. The van der Waals surface area contributed by atoms with Crippen molar-refractivity contribution in [3.05, 3.63) is 66.4 Å². The number of hydrogen-bond acceptors (Lipinski definition) is 4. The lowest BCUT2D eigenvalue weighted by molar-refractivity contribution is 0.336. The van der Waals surface area contributed by atoms with Crippen molar-refractivity contribution in [1.82, 2.24) is 4.98 Å². The van der Waals surface area contributed by atoms with Gasteiger partial charge >= 0.3 is 5.95 Å². The van der Waals surface area contributed by atoms with Gasteiger partial charge in [0, 0.05) is 5.56 Å². The average Bonchev–Trinajstić information content (AvgIpc) is 2.91. The van der Waals surface area contributed by atoms with E-state index in [1.54, 1.807) is 6.92 Å². The van der Waals surface area contributed by atoms with Crippen LogP contribution in [0.1, 0.15) is 12.6 Å². The minimum Gasteiger partial charge on any atom is -0.479 e. The van der Waals surface area contributed by atoms with E-state index in [0.29, 0.717) is 17.3 Å². The summed E-state index contributed by atoms with van der Waals surface area (Å²) in [6, 6.07) is 19.0. The zero-order valence-electron chi connectivity index (χ0n) is 11.5. The third-order valence-corrected chi connectivity index (χ3v) is 3.03. The van der Waals surface area contributed by atoms with Crippen molar-refractivity contribution < 1.29 is 9.52 Å². The van der Waals surface area contributed by atoms with E-state index >= 15 is 0 Å². The molecule has 3 aromatic rings. The maximum Gasteiger partial charge on any atom is 0.312 e. The summed E-state index contributed by atoms with van der Waals surface area (Å²) in [6.45, 7) is 1.79. The van der Waals surface area contributed by atoms with Crippen LogP contribution in [0.25, 0.3) is 11.5 Å². The normalized spacial score (nSPS) is 11.6. The van der Waals surface area contributed by atoms with Crippen molar-refractivity contribution in [2.75, 3.05) is 0 Å². The number of aliphatic imine (C=N–C) groups is 1. The quantitative estimate of drug-likeness (QED) is 0.731. The zero-order chi connectivity index (χ0) is 14.7. The summed E-state index contributed by atoms with van der Waals surface area (Å²) in [4.78, 5) is 8.76. The first-order valence-electron chi connectivity index (χ1n) is 6.60. The maximum atomic E-state index is 9.93. The van der Waals surface area contributed by atoms with Crippen LogP contribution < -0.4 is 0 Å². The summed E-state index contributed by atoms with van der Waals surface area (Å²) in [5, 5.41) is 9.93. The van der Waals surface area contributed by atoms with Gasteiger partial charge in [-0.25, -0.2) is 4.98 Å². The number of hydrogen-bond donors (Lipinski definition) is 1. The second-order valence-electron chi connectivity index (χ2n) is 4.57. The Bertz CT molecular complexity index is 762. The maximum absolute atomic E-state index is 9.93. The van der Waals surface area contributed by atoms with Crippen molar-refractivity contribution >= 4 is 11.4 Å². The number of oxazole rings is 1. The van der Waals surface area contributed by atoms with Crippen molar-refractivity contribution in [1.29, 1.82) is 0 Å². The Morgan fingerprint density at radius 3 is 2.29 bits per heavy atom. The Balaban J connectivity index is 1.97. The number of aromatic nitrogens is 1. The van der Waals surface area contributed by atoms with E-state index in [4.69, 9.17) is 4.42 Å². The van der Waals surface area contributed by atoms with Crippen molar-refractivity contribution in [3.8, 4) is 17.4 Å². The minimum absolute atomic E-state index is 0.217. The van der Waals surface area contributed by atoms with E-state index in [0.717, 1.165) is 11.3 Å². The smallest absolute Gasteiger partial charge is 0.312 e. The SMILES string of the molecule is CC(=Nc1ccccc1)c1nc(-c2ccccc2)oc1O. The fraction of sp³-hybridized carbons (Fsp3) is 0.0588. The van der Waals surface area contributed by atoms with E-state index in [1.807, 2.05) is 60.7 Å². The van der Waals surface area contributed by atoms with Gasteiger partial charge in [-0.05, 0) is 31.2 Å². The van der Waals surface area contributed by atoms with Crippen LogP contribution in [-0.4, -0.2) is 15.8 Å². The largest absolute Gasteiger partial charge is 0.479 e. The fourth-order valence-corrected chi connectivity index (χ4v) is 2.00. The lowest BCUT2D eigenvalue weighted by Crippen LogP contribution is -1.95. The molecular formula is C17H14N2O2. The van der Waals surface area contributed by atoms with E-state index in [-0.39, 0.29) is 5.95 Å². The molecule has 0 saturated carbocycles. The molecule has 0 aliphatic rings. The first kappa shape index (κ1) is 13.1. The van der Waals surface area contributed by atoms with Crippen molar-refractivity contribution in [2.45, 2.75) is 6.92 Å². The molecule has 3 rings (SSSR count). The monoisotopic (exact) mass is 278 g/mol. The molecular weight excluding hydrogens is 264 g/mol. The predicted octanol–water partition coefficient (Wildman–Crippen LogP) is 4.19. The molecule has 0 unspecified atom stereocenters. The molecule has 0 saturated heterocycles. The topological polar surface area (TPSA) is 58.6 Å². The second-order valence-corrected chi connectivity index (χ2v) is 4.57. The summed E-state index contributed by atoms with van der Waals surface area (Å²) in [5.74, 6) is 0.164. The molecule has 0 amide bonds. The molecule has 4 heteroatoms. The summed E-state index contributed by atoms with van der Waals surface area (Å²) >= 11 is 0. The Hall–Kier alpha value is -2.88. The fourth-order valence-electron chi connectivity index (χ4n) is 2.00. The number of aromatic hydroxyl groups is 1.